The third-order valence-corrected chi connectivity index (χ3v) is 6.16. The van der Waals surface area contributed by atoms with Gasteiger partial charge in [0.15, 0.2) is 0 Å². The van der Waals surface area contributed by atoms with E-state index in [9.17, 15) is 9.18 Å². The molecule has 1 N–H and O–H groups in total. The smallest absolute Gasteiger partial charge is 0.246 e. The molecule has 26 heavy (non-hydrogen) atoms. The molecule has 3 heteroatoms. The molecule has 1 fully saturated rings. The second kappa shape index (κ2) is 8.20. The molecule has 0 unspecified atom stereocenters. The van der Waals surface area contributed by atoms with Crippen molar-refractivity contribution >= 4 is 5.91 Å². The largest absolute Gasteiger partial charge is 0.352 e. The summed E-state index contributed by atoms with van der Waals surface area (Å²) in [6, 6.07) is 6.45. The minimum Gasteiger partial charge on any atom is -0.352 e. The van der Waals surface area contributed by atoms with E-state index < -0.39 is 0 Å². The summed E-state index contributed by atoms with van der Waals surface area (Å²) in [7, 11) is 0. The van der Waals surface area contributed by atoms with Crippen molar-refractivity contribution in [2.45, 2.75) is 52.9 Å². The molecule has 0 radical (unpaired) electrons. The van der Waals surface area contributed by atoms with Gasteiger partial charge in [-0.2, -0.15) is 0 Å². The summed E-state index contributed by atoms with van der Waals surface area (Å²) in [6.45, 7) is 7.14. The van der Waals surface area contributed by atoms with E-state index in [1.165, 1.54) is 31.4 Å². The Labute approximate surface area is 156 Å². The summed E-state index contributed by atoms with van der Waals surface area (Å²) in [4.78, 5) is 12.4. The summed E-state index contributed by atoms with van der Waals surface area (Å²) in [5.74, 6) is 1.71. The maximum atomic E-state index is 12.9. The summed E-state index contributed by atoms with van der Waals surface area (Å²) >= 11 is 0. The molecule has 2 aliphatic rings. The van der Waals surface area contributed by atoms with Crippen LogP contribution in [0.5, 0.6) is 0 Å². The number of nitrogens with one attached hydrogen (secondary N) is 1. The Bertz CT molecular complexity index is 716. The molecule has 0 bridgehead atoms. The molecular weight excluding hydrogens is 325 g/mol. The van der Waals surface area contributed by atoms with Crippen LogP contribution in [0.2, 0.25) is 0 Å². The van der Waals surface area contributed by atoms with E-state index in [0.29, 0.717) is 18.9 Å². The number of carbonyl (C=O) groups excluding carboxylic acids is 1. The van der Waals surface area contributed by atoms with E-state index in [2.05, 4.69) is 25.2 Å². The Morgan fingerprint density at radius 1 is 1.23 bits per heavy atom. The highest BCUT2D eigenvalue weighted by atomic mass is 19.1. The standard InChI is InChI=1S/C23H30FNO/c1-15-4-8-19(22-16(2)5-11-21(15)22)14-17(3)23(26)25-13-12-18-6-9-20(24)10-7-18/h6-7,9-10,14-15,19,21H,4-5,8,11-13H2,1-3H3,(H,25,26)/b17-14+/t15-,19+,21-/m1/s1. The van der Waals surface area contributed by atoms with Gasteiger partial charge in [0.2, 0.25) is 5.91 Å². The van der Waals surface area contributed by atoms with Crippen molar-refractivity contribution in [3.05, 3.63) is 58.4 Å². The topological polar surface area (TPSA) is 29.1 Å². The van der Waals surface area contributed by atoms with Crippen LogP contribution in [0, 0.1) is 23.6 Å². The number of allylic oxidation sites excluding steroid dienone is 3. The number of hydrogen-bond donors (Lipinski definition) is 1. The van der Waals surface area contributed by atoms with Gasteiger partial charge in [0.1, 0.15) is 5.82 Å². The van der Waals surface area contributed by atoms with Crippen molar-refractivity contribution in [1.29, 1.82) is 0 Å². The average Bonchev–Trinajstić information content (AvgIpc) is 3.02. The van der Waals surface area contributed by atoms with E-state index in [4.69, 9.17) is 0 Å². The molecule has 1 aromatic rings. The number of fused-ring (bicyclic) bond motifs is 1. The molecule has 1 aromatic carbocycles. The lowest BCUT2D eigenvalue weighted by atomic mass is 9.71. The summed E-state index contributed by atoms with van der Waals surface area (Å²) < 4.78 is 12.9. The fraction of sp³-hybridized carbons (Fsp3) is 0.522. The molecule has 1 saturated carbocycles. The Morgan fingerprint density at radius 2 is 1.96 bits per heavy atom. The zero-order valence-electron chi connectivity index (χ0n) is 16.1. The molecule has 0 saturated heterocycles. The van der Waals surface area contributed by atoms with Crippen molar-refractivity contribution in [2.24, 2.45) is 17.8 Å². The van der Waals surface area contributed by atoms with Crippen LogP contribution in [-0.4, -0.2) is 12.5 Å². The van der Waals surface area contributed by atoms with Gasteiger partial charge in [-0.25, -0.2) is 4.39 Å². The first kappa shape index (κ1) is 18.9. The Kier molecular flexibility index (Phi) is 5.95. The molecule has 2 nitrogen and oxygen atoms in total. The van der Waals surface area contributed by atoms with E-state index >= 15 is 0 Å². The number of rotatable bonds is 5. The van der Waals surface area contributed by atoms with Gasteiger partial charge < -0.3 is 5.32 Å². The summed E-state index contributed by atoms with van der Waals surface area (Å²) in [6.07, 6.45) is 7.82. The fourth-order valence-corrected chi connectivity index (χ4v) is 4.63. The molecule has 0 aromatic heterocycles. The molecule has 0 spiro atoms. The van der Waals surface area contributed by atoms with Crippen molar-refractivity contribution in [2.75, 3.05) is 6.54 Å². The quantitative estimate of drug-likeness (QED) is 0.570. The zero-order valence-corrected chi connectivity index (χ0v) is 16.1. The third-order valence-electron chi connectivity index (χ3n) is 6.16. The average molecular weight is 355 g/mol. The van der Waals surface area contributed by atoms with E-state index in [-0.39, 0.29) is 11.7 Å². The van der Waals surface area contributed by atoms with Crippen molar-refractivity contribution in [1.82, 2.24) is 5.32 Å². The van der Waals surface area contributed by atoms with Crippen LogP contribution in [0.4, 0.5) is 4.39 Å². The van der Waals surface area contributed by atoms with Gasteiger partial charge in [0.25, 0.3) is 0 Å². The van der Waals surface area contributed by atoms with Crippen LogP contribution in [0.3, 0.4) is 0 Å². The molecule has 2 aliphatic carbocycles. The van der Waals surface area contributed by atoms with Gasteiger partial charge in [-0.1, -0.05) is 36.3 Å². The maximum Gasteiger partial charge on any atom is 0.246 e. The second-order valence-electron chi connectivity index (χ2n) is 8.02. The van der Waals surface area contributed by atoms with Crippen molar-refractivity contribution in [3.8, 4) is 0 Å². The van der Waals surface area contributed by atoms with Crippen molar-refractivity contribution in [3.63, 3.8) is 0 Å². The van der Waals surface area contributed by atoms with Crippen LogP contribution in [0.15, 0.2) is 47.1 Å². The lowest BCUT2D eigenvalue weighted by Gasteiger charge is -2.34. The Balaban J connectivity index is 1.57. The second-order valence-corrected chi connectivity index (χ2v) is 8.02. The maximum absolute atomic E-state index is 12.9. The van der Waals surface area contributed by atoms with Crippen LogP contribution < -0.4 is 5.32 Å². The molecule has 0 aliphatic heterocycles. The van der Waals surface area contributed by atoms with E-state index in [0.717, 1.165) is 29.4 Å². The summed E-state index contributed by atoms with van der Waals surface area (Å²) in [5.41, 5.74) is 5.01. The fourth-order valence-electron chi connectivity index (χ4n) is 4.63. The lowest BCUT2D eigenvalue weighted by Crippen LogP contribution is -2.28. The monoisotopic (exact) mass is 355 g/mol. The predicted octanol–water partition coefficient (Wildman–Crippen LogP) is 5.20. The van der Waals surface area contributed by atoms with Crippen LogP contribution >= 0.6 is 0 Å². The van der Waals surface area contributed by atoms with Gasteiger partial charge in [-0.3, -0.25) is 4.79 Å². The highest BCUT2D eigenvalue weighted by Gasteiger charge is 2.36. The van der Waals surface area contributed by atoms with Gasteiger partial charge in [0, 0.05) is 12.1 Å². The third kappa shape index (κ3) is 4.25. The number of carbonyl (C=O) groups is 1. The van der Waals surface area contributed by atoms with Gasteiger partial charge >= 0.3 is 0 Å². The highest BCUT2D eigenvalue weighted by Crippen LogP contribution is 2.48. The molecule has 1 amide bonds. The molecule has 140 valence electrons. The minimum atomic E-state index is -0.229. The molecular formula is C23H30FNO. The number of amides is 1. The normalized spacial score (nSPS) is 26.0. The first-order valence-electron chi connectivity index (χ1n) is 9.86. The summed E-state index contributed by atoms with van der Waals surface area (Å²) in [5, 5.41) is 3.00. The highest BCUT2D eigenvalue weighted by molar-refractivity contribution is 5.92. The van der Waals surface area contributed by atoms with Crippen LogP contribution in [-0.2, 0) is 11.2 Å². The van der Waals surface area contributed by atoms with Gasteiger partial charge in [-0.15, -0.1) is 0 Å². The van der Waals surface area contributed by atoms with Crippen LogP contribution in [0.1, 0.15) is 52.0 Å². The molecule has 0 heterocycles. The molecule has 3 rings (SSSR count). The van der Waals surface area contributed by atoms with E-state index in [1.807, 2.05) is 6.92 Å². The van der Waals surface area contributed by atoms with Crippen LogP contribution in [0.25, 0.3) is 0 Å². The Hall–Kier alpha value is -1.90. The van der Waals surface area contributed by atoms with E-state index in [1.54, 1.807) is 23.3 Å². The first-order chi connectivity index (χ1) is 12.5. The predicted molar refractivity (Wildman–Crippen MR) is 104 cm³/mol. The SMILES string of the molecule is CC1=C2[C@H](/C=C(\C)C(=O)NCCc3ccc(F)cc3)CC[C@@H](C)[C@H]2CC1. The minimum absolute atomic E-state index is 0.0125. The number of halogens is 1. The lowest BCUT2D eigenvalue weighted by molar-refractivity contribution is -0.117. The Morgan fingerprint density at radius 3 is 2.69 bits per heavy atom. The van der Waals surface area contributed by atoms with Gasteiger partial charge in [0.05, 0.1) is 0 Å². The first-order valence-corrected chi connectivity index (χ1v) is 9.86. The number of benzene rings is 1. The van der Waals surface area contributed by atoms with Crippen molar-refractivity contribution < 1.29 is 9.18 Å². The zero-order chi connectivity index (χ0) is 18.7. The molecule has 3 atom stereocenters. The van der Waals surface area contributed by atoms with Gasteiger partial charge in [-0.05, 0) is 81.4 Å². The number of hydrogen-bond acceptors (Lipinski definition) is 1.